The van der Waals surface area contributed by atoms with Crippen LogP contribution in [0.15, 0.2) is 0 Å². The highest BCUT2D eigenvalue weighted by Gasteiger charge is 2.30. The highest BCUT2D eigenvalue weighted by Crippen LogP contribution is 2.29. The van der Waals surface area contributed by atoms with Crippen LogP contribution < -0.4 is 5.73 Å². The first-order chi connectivity index (χ1) is 11.2. The lowest BCUT2D eigenvalue weighted by Gasteiger charge is -2.37. The molecule has 23 heavy (non-hydrogen) atoms. The third-order valence-corrected chi connectivity index (χ3v) is 5.52. The fourth-order valence-electron chi connectivity index (χ4n) is 3.93. The monoisotopic (exact) mass is 324 g/mol. The molecule has 1 saturated heterocycles. The highest BCUT2D eigenvalue weighted by molar-refractivity contribution is 5.76. The average Bonchev–Trinajstić information content (AvgIpc) is 3.06. The van der Waals surface area contributed by atoms with Gasteiger partial charge in [0.05, 0.1) is 6.10 Å². The van der Waals surface area contributed by atoms with Crippen LogP contribution in [0.5, 0.6) is 0 Å². The van der Waals surface area contributed by atoms with E-state index in [2.05, 4.69) is 11.8 Å². The molecule has 0 radical (unpaired) electrons. The van der Waals surface area contributed by atoms with Crippen molar-refractivity contribution in [3.63, 3.8) is 0 Å². The molecule has 0 bridgehead atoms. The predicted molar refractivity (Wildman–Crippen MR) is 94.2 cm³/mol. The molecule has 2 fully saturated rings. The summed E-state index contributed by atoms with van der Waals surface area (Å²) in [6.07, 6.45) is 12.5. The third kappa shape index (κ3) is 6.42. The number of amides is 1. The molecule has 4 heteroatoms. The van der Waals surface area contributed by atoms with E-state index in [4.69, 9.17) is 10.5 Å². The number of ether oxygens (including phenoxy) is 1. The van der Waals surface area contributed by atoms with Crippen LogP contribution in [0.4, 0.5) is 0 Å². The van der Waals surface area contributed by atoms with Gasteiger partial charge in [-0.15, -0.1) is 0 Å². The lowest BCUT2D eigenvalue weighted by Crippen LogP contribution is -2.46. The average molecular weight is 325 g/mol. The summed E-state index contributed by atoms with van der Waals surface area (Å²) in [5, 5.41) is 0. The molecule has 1 aliphatic heterocycles. The zero-order valence-corrected chi connectivity index (χ0v) is 15.0. The van der Waals surface area contributed by atoms with Gasteiger partial charge < -0.3 is 15.4 Å². The van der Waals surface area contributed by atoms with Gasteiger partial charge in [-0.3, -0.25) is 4.79 Å². The molecule has 1 amide bonds. The molecule has 0 aromatic carbocycles. The molecule has 1 atom stereocenters. The maximum Gasteiger partial charge on any atom is 0.222 e. The van der Waals surface area contributed by atoms with Gasteiger partial charge in [0.25, 0.3) is 0 Å². The summed E-state index contributed by atoms with van der Waals surface area (Å²) < 4.78 is 5.80. The molecule has 4 nitrogen and oxygen atoms in total. The number of nitrogens with zero attached hydrogens (tertiary/aromatic N) is 1. The van der Waals surface area contributed by atoms with E-state index in [1.165, 1.54) is 25.7 Å². The van der Waals surface area contributed by atoms with Crippen molar-refractivity contribution < 1.29 is 9.53 Å². The minimum atomic E-state index is 0.274. The molecule has 2 N–H and O–H groups in total. The van der Waals surface area contributed by atoms with Crippen LogP contribution in [-0.4, -0.2) is 42.6 Å². The van der Waals surface area contributed by atoms with Crippen LogP contribution in [-0.2, 0) is 9.53 Å². The van der Waals surface area contributed by atoms with Crippen molar-refractivity contribution in [3.05, 3.63) is 0 Å². The molecule has 0 spiro atoms. The summed E-state index contributed by atoms with van der Waals surface area (Å²) in [6, 6.07) is 0.451. The molecule has 134 valence electrons. The van der Waals surface area contributed by atoms with E-state index < -0.39 is 0 Å². The fraction of sp³-hybridized carbons (Fsp3) is 0.947. The van der Waals surface area contributed by atoms with E-state index in [9.17, 15) is 4.79 Å². The van der Waals surface area contributed by atoms with Gasteiger partial charge in [0.1, 0.15) is 0 Å². The molecule has 1 aliphatic carbocycles. The zero-order valence-electron chi connectivity index (χ0n) is 15.0. The van der Waals surface area contributed by atoms with E-state index in [1.54, 1.807) is 0 Å². The Morgan fingerprint density at radius 3 is 2.48 bits per heavy atom. The fourth-order valence-corrected chi connectivity index (χ4v) is 3.93. The Morgan fingerprint density at radius 2 is 1.83 bits per heavy atom. The largest absolute Gasteiger partial charge is 0.376 e. The van der Waals surface area contributed by atoms with Crippen molar-refractivity contribution in [3.8, 4) is 0 Å². The van der Waals surface area contributed by atoms with Crippen molar-refractivity contribution in [2.45, 2.75) is 89.7 Å². The first-order valence-corrected chi connectivity index (χ1v) is 9.82. The number of rotatable bonds is 9. The summed E-state index contributed by atoms with van der Waals surface area (Å²) in [5.74, 6) is 1.18. The Bertz CT molecular complexity index is 334. The Kier molecular flexibility index (Phi) is 8.38. The van der Waals surface area contributed by atoms with Crippen LogP contribution in [0, 0.1) is 5.92 Å². The number of hydrogen-bond acceptors (Lipinski definition) is 3. The first kappa shape index (κ1) is 18.7. The van der Waals surface area contributed by atoms with Gasteiger partial charge in [-0.1, -0.05) is 19.8 Å². The van der Waals surface area contributed by atoms with E-state index in [-0.39, 0.29) is 6.10 Å². The highest BCUT2D eigenvalue weighted by atomic mass is 16.5. The van der Waals surface area contributed by atoms with Gasteiger partial charge in [0.15, 0.2) is 0 Å². The van der Waals surface area contributed by atoms with Crippen molar-refractivity contribution in [1.29, 1.82) is 0 Å². The normalized spacial score (nSPS) is 28.0. The van der Waals surface area contributed by atoms with E-state index >= 15 is 0 Å². The van der Waals surface area contributed by atoms with Crippen LogP contribution in [0.25, 0.3) is 0 Å². The summed E-state index contributed by atoms with van der Waals surface area (Å²) in [4.78, 5) is 15.0. The van der Waals surface area contributed by atoms with Crippen LogP contribution >= 0.6 is 0 Å². The van der Waals surface area contributed by atoms with E-state index in [1.807, 2.05) is 0 Å². The van der Waals surface area contributed by atoms with Crippen LogP contribution in [0.1, 0.15) is 77.6 Å². The number of carbonyl (C=O) groups is 1. The number of carbonyl (C=O) groups excluding carboxylic acids is 1. The smallest absolute Gasteiger partial charge is 0.222 e. The van der Waals surface area contributed by atoms with Crippen molar-refractivity contribution >= 4 is 5.91 Å². The minimum absolute atomic E-state index is 0.274. The topological polar surface area (TPSA) is 55.6 Å². The molecule has 0 aromatic rings. The Morgan fingerprint density at radius 1 is 1.09 bits per heavy atom. The third-order valence-electron chi connectivity index (χ3n) is 5.52. The summed E-state index contributed by atoms with van der Waals surface area (Å²) >= 11 is 0. The van der Waals surface area contributed by atoms with Gasteiger partial charge >= 0.3 is 0 Å². The number of hydrogen-bond donors (Lipinski definition) is 1. The molecule has 2 aliphatic rings. The number of unbranched alkanes of at least 4 members (excludes halogenated alkanes) is 3. The van der Waals surface area contributed by atoms with Crippen LogP contribution in [0.3, 0.4) is 0 Å². The molecular formula is C19H36N2O2. The van der Waals surface area contributed by atoms with E-state index in [0.717, 1.165) is 64.1 Å². The SMILES string of the molecule is CC1CCC(N(CC2CCCO2)C(=O)CCCCCCN)CC1. The molecule has 1 unspecified atom stereocenters. The number of nitrogens with two attached hydrogens (primary N) is 1. The maximum atomic E-state index is 12.8. The van der Waals surface area contributed by atoms with Gasteiger partial charge in [0, 0.05) is 25.6 Å². The van der Waals surface area contributed by atoms with Gasteiger partial charge in [0.2, 0.25) is 5.91 Å². The Balaban J connectivity index is 1.82. The minimum Gasteiger partial charge on any atom is -0.376 e. The lowest BCUT2D eigenvalue weighted by atomic mass is 9.86. The maximum absolute atomic E-state index is 12.8. The lowest BCUT2D eigenvalue weighted by molar-refractivity contribution is -0.136. The molecule has 2 rings (SSSR count). The Hall–Kier alpha value is -0.610. The van der Waals surface area contributed by atoms with Gasteiger partial charge in [-0.2, -0.15) is 0 Å². The summed E-state index contributed by atoms with van der Waals surface area (Å²) in [6.45, 7) is 4.79. The first-order valence-electron chi connectivity index (χ1n) is 9.82. The standard InChI is InChI=1S/C19H36N2O2/c1-16-9-11-17(12-10-16)21(15-18-7-6-14-23-18)19(22)8-4-2-3-5-13-20/h16-18H,2-15,20H2,1H3. The quantitative estimate of drug-likeness (QED) is 0.661. The van der Waals surface area contributed by atoms with Crippen LogP contribution in [0.2, 0.25) is 0 Å². The second-order valence-corrected chi connectivity index (χ2v) is 7.55. The summed E-state index contributed by atoms with van der Waals surface area (Å²) in [7, 11) is 0. The predicted octanol–water partition coefficient (Wildman–Crippen LogP) is 3.48. The van der Waals surface area contributed by atoms with Crippen molar-refractivity contribution in [2.75, 3.05) is 19.7 Å². The second kappa shape index (κ2) is 10.3. The van der Waals surface area contributed by atoms with Crippen molar-refractivity contribution in [1.82, 2.24) is 4.90 Å². The van der Waals surface area contributed by atoms with Gasteiger partial charge in [-0.05, 0) is 63.8 Å². The van der Waals surface area contributed by atoms with E-state index in [0.29, 0.717) is 18.4 Å². The molecule has 1 heterocycles. The van der Waals surface area contributed by atoms with Crippen molar-refractivity contribution in [2.24, 2.45) is 11.7 Å². The molecule has 0 aromatic heterocycles. The zero-order chi connectivity index (χ0) is 16.5. The molecule has 1 saturated carbocycles. The summed E-state index contributed by atoms with van der Waals surface area (Å²) in [5.41, 5.74) is 5.53. The molecular weight excluding hydrogens is 288 g/mol. The second-order valence-electron chi connectivity index (χ2n) is 7.55. The van der Waals surface area contributed by atoms with Gasteiger partial charge in [-0.25, -0.2) is 0 Å². The Labute approximate surface area is 142 Å².